The summed E-state index contributed by atoms with van der Waals surface area (Å²) in [6.07, 6.45) is 5.24. The Bertz CT molecular complexity index is 339. The van der Waals surface area contributed by atoms with Crippen LogP contribution in [0.25, 0.3) is 6.08 Å². The summed E-state index contributed by atoms with van der Waals surface area (Å²) in [5.41, 5.74) is 2.59. The molecule has 0 unspecified atom stereocenters. The van der Waals surface area contributed by atoms with Crippen molar-refractivity contribution in [2.24, 2.45) is 0 Å². The number of fused-ring (bicyclic) bond motifs is 1. The third kappa shape index (κ3) is 1.98. The third-order valence-electron chi connectivity index (χ3n) is 2.46. The summed E-state index contributed by atoms with van der Waals surface area (Å²) >= 11 is 0. The van der Waals surface area contributed by atoms with Gasteiger partial charge in [0.2, 0.25) is 0 Å². The van der Waals surface area contributed by atoms with Gasteiger partial charge in [0.25, 0.3) is 0 Å². The van der Waals surface area contributed by atoms with Crippen LogP contribution in [0, 0.1) is 6.92 Å². The van der Waals surface area contributed by atoms with Crippen LogP contribution in [0.2, 0.25) is 0 Å². The topological polar surface area (TPSA) is 9.23 Å². The van der Waals surface area contributed by atoms with Gasteiger partial charge in [-0.05, 0) is 23.6 Å². The summed E-state index contributed by atoms with van der Waals surface area (Å²) < 4.78 is 5.64. The molecule has 0 fully saturated rings. The lowest BCUT2D eigenvalue weighted by Crippen LogP contribution is -2.02. The lowest BCUT2D eigenvalue weighted by atomic mass is 10.0. The average molecular weight is 187 g/mol. The molecule has 0 aromatic heterocycles. The molecule has 0 saturated carbocycles. The molecule has 1 aliphatic heterocycles. The molecule has 0 amide bonds. The van der Waals surface area contributed by atoms with E-state index in [-0.39, 0.29) is 0 Å². The van der Waals surface area contributed by atoms with Crippen LogP contribution in [0.4, 0.5) is 0 Å². The van der Waals surface area contributed by atoms with Gasteiger partial charge in [-0.1, -0.05) is 37.6 Å². The van der Waals surface area contributed by atoms with Crippen LogP contribution in [0.15, 0.2) is 30.0 Å². The number of ether oxygens (including phenoxy) is 1. The second kappa shape index (κ2) is 4.32. The molecule has 1 radical (unpaired) electrons. The summed E-state index contributed by atoms with van der Waals surface area (Å²) in [7, 11) is 0. The van der Waals surface area contributed by atoms with E-state index in [9.17, 15) is 0 Å². The van der Waals surface area contributed by atoms with Crippen molar-refractivity contribution < 1.29 is 4.74 Å². The van der Waals surface area contributed by atoms with Crippen molar-refractivity contribution in [2.45, 2.75) is 25.9 Å². The monoisotopic (exact) mass is 187 g/mol. The number of hydrogen-bond donors (Lipinski definition) is 0. The van der Waals surface area contributed by atoms with E-state index in [2.05, 4.69) is 37.3 Å². The minimum atomic E-state index is 0.721. The van der Waals surface area contributed by atoms with Crippen molar-refractivity contribution >= 4 is 6.08 Å². The molecular weight excluding hydrogens is 172 g/mol. The van der Waals surface area contributed by atoms with Gasteiger partial charge in [0.15, 0.2) is 0 Å². The first-order chi connectivity index (χ1) is 6.90. The van der Waals surface area contributed by atoms with Gasteiger partial charge in [0, 0.05) is 6.42 Å². The zero-order valence-electron chi connectivity index (χ0n) is 8.33. The average Bonchev–Trinajstić information content (AvgIpc) is 2.26. The Hall–Kier alpha value is -1.24. The molecule has 73 valence electrons. The van der Waals surface area contributed by atoms with Gasteiger partial charge in [-0.25, -0.2) is 0 Å². The van der Waals surface area contributed by atoms with Crippen LogP contribution in [0.5, 0.6) is 0 Å². The third-order valence-corrected chi connectivity index (χ3v) is 2.46. The highest BCUT2D eigenvalue weighted by atomic mass is 16.5. The maximum absolute atomic E-state index is 5.64. The number of unbranched alkanes of at least 4 members (excludes halogenated alkanes) is 1. The predicted molar refractivity (Wildman–Crippen MR) is 58.4 cm³/mol. The summed E-state index contributed by atoms with van der Waals surface area (Å²) in [6.45, 7) is 4.55. The molecule has 1 heterocycles. The Balaban J connectivity index is 2.14. The molecule has 0 aliphatic carbocycles. The summed E-state index contributed by atoms with van der Waals surface area (Å²) in [6, 6.07) is 8.38. The smallest absolute Gasteiger partial charge is 0.113 e. The maximum atomic E-state index is 5.64. The number of hydrogen-bond acceptors (Lipinski definition) is 1. The van der Waals surface area contributed by atoms with Crippen molar-refractivity contribution in [3.8, 4) is 0 Å². The zero-order chi connectivity index (χ0) is 9.80. The number of allylic oxidation sites excluding steroid dienone is 1. The minimum absolute atomic E-state index is 0.721. The van der Waals surface area contributed by atoms with E-state index in [1.807, 2.05) is 0 Å². The quantitative estimate of drug-likeness (QED) is 0.703. The first-order valence-corrected chi connectivity index (χ1v) is 5.10. The molecule has 0 spiro atoms. The Labute approximate surface area is 85.4 Å². The van der Waals surface area contributed by atoms with Crippen LogP contribution in [-0.4, -0.2) is 0 Å². The van der Waals surface area contributed by atoms with Gasteiger partial charge in [0.1, 0.15) is 6.61 Å². The predicted octanol–water partition coefficient (Wildman–Crippen LogP) is 3.56. The molecule has 2 rings (SSSR count). The second-order valence-corrected chi connectivity index (χ2v) is 3.56. The van der Waals surface area contributed by atoms with Gasteiger partial charge < -0.3 is 4.74 Å². The Kier molecular flexibility index (Phi) is 2.87. The molecule has 0 atom stereocenters. The Morgan fingerprint density at radius 3 is 3.00 bits per heavy atom. The van der Waals surface area contributed by atoms with E-state index in [4.69, 9.17) is 4.74 Å². The van der Waals surface area contributed by atoms with Crippen LogP contribution in [0.1, 0.15) is 30.4 Å². The SMILES string of the molecule is [CH2]CCCC1=Cc2ccccc2CO1. The van der Waals surface area contributed by atoms with E-state index in [0.29, 0.717) is 0 Å². The van der Waals surface area contributed by atoms with E-state index in [0.717, 1.165) is 31.6 Å². The molecule has 0 N–H and O–H groups in total. The van der Waals surface area contributed by atoms with Gasteiger partial charge in [-0.2, -0.15) is 0 Å². The van der Waals surface area contributed by atoms with Crippen LogP contribution >= 0.6 is 0 Å². The van der Waals surface area contributed by atoms with Gasteiger partial charge >= 0.3 is 0 Å². The first kappa shape index (κ1) is 9.32. The molecule has 1 aromatic rings. The molecule has 0 saturated heterocycles. The zero-order valence-corrected chi connectivity index (χ0v) is 8.33. The van der Waals surface area contributed by atoms with E-state index in [1.165, 1.54) is 11.1 Å². The van der Waals surface area contributed by atoms with Crippen molar-refractivity contribution in [3.63, 3.8) is 0 Å². The van der Waals surface area contributed by atoms with E-state index >= 15 is 0 Å². The minimum Gasteiger partial charge on any atom is -0.493 e. The molecule has 1 aliphatic rings. The van der Waals surface area contributed by atoms with Crippen molar-refractivity contribution in [1.29, 1.82) is 0 Å². The molecule has 1 aromatic carbocycles. The highest BCUT2D eigenvalue weighted by Crippen LogP contribution is 2.24. The molecule has 1 heteroatoms. The largest absolute Gasteiger partial charge is 0.493 e. The van der Waals surface area contributed by atoms with Gasteiger partial charge in [0.05, 0.1) is 5.76 Å². The van der Waals surface area contributed by atoms with Gasteiger partial charge in [-0.15, -0.1) is 0 Å². The maximum Gasteiger partial charge on any atom is 0.113 e. The fourth-order valence-corrected chi connectivity index (χ4v) is 1.64. The normalized spacial score (nSPS) is 14.2. The summed E-state index contributed by atoms with van der Waals surface area (Å²) in [5.74, 6) is 1.10. The van der Waals surface area contributed by atoms with E-state index in [1.54, 1.807) is 0 Å². The first-order valence-electron chi connectivity index (χ1n) is 5.10. The highest BCUT2D eigenvalue weighted by Gasteiger charge is 2.09. The van der Waals surface area contributed by atoms with Crippen molar-refractivity contribution in [1.82, 2.24) is 0 Å². The van der Waals surface area contributed by atoms with Crippen LogP contribution in [-0.2, 0) is 11.3 Å². The van der Waals surface area contributed by atoms with Crippen LogP contribution < -0.4 is 0 Å². The summed E-state index contributed by atoms with van der Waals surface area (Å²) in [4.78, 5) is 0. The van der Waals surface area contributed by atoms with E-state index < -0.39 is 0 Å². The number of rotatable bonds is 3. The fourth-order valence-electron chi connectivity index (χ4n) is 1.64. The standard InChI is InChI=1S/C13H15O/c1-2-3-8-13-9-11-6-4-5-7-12(11)10-14-13/h4-7,9H,1-3,8,10H2. The van der Waals surface area contributed by atoms with Gasteiger partial charge in [-0.3, -0.25) is 0 Å². The Morgan fingerprint density at radius 2 is 2.14 bits per heavy atom. The summed E-state index contributed by atoms with van der Waals surface area (Å²) in [5, 5.41) is 0. The molecular formula is C13H15O. The number of benzene rings is 1. The van der Waals surface area contributed by atoms with Crippen LogP contribution in [0.3, 0.4) is 0 Å². The molecule has 0 bridgehead atoms. The Morgan fingerprint density at radius 1 is 1.29 bits per heavy atom. The van der Waals surface area contributed by atoms with Crippen molar-refractivity contribution in [3.05, 3.63) is 48.1 Å². The van der Waals surface area contributed by atoms with Crippen molar-refractivity contribution in [2.75, 3.05) is 0 Å². The lowest BCUT2D eigenvalue weighted by molar-refractivity contribution is 0.186. The fraction of sp³-hybridized carbons (Fsp3) is 0.308. The lowest BCUT2D eigenvalue weighted by Gasteiger charge is -2.17. The molecule has 1 nitrogen and oxygen atoms in total. The second-order valence-electron chi connectivity index (χ2n) is 3.56. The molecule has 14 heavy (non-hydrogen) atoms. The highest BCUT2D eigenvalue weighted by molar-refractivity contribution is 5.56.